The normalized spacial score (nSPS) is 25.6. The van der Waals surface area contributed by atoms with Gasteiger partial charge in [0.2, 0.25) is 5.91 Å². The number of piperidine rings is 1. The fourth-order valence-electron chi connectivity index (χ4n) is 3.14. The molecular formula is C14H27ClN2O. The van der Waals surface area contributed by atoms with Gasteiger partial charge in [-0.1, -0.05) is 33.1 Å². The Balaban J connectivity index is 0.00000162. The summed E-state index contributed by atoms with van der Waals surface area (Å²) in [5.74, 6) is 0.216. The topological polar surface area (TPSA) is 46.3 Å². The van der Waals surface area contributed by atoms with Gasteiger partial charge in [-0.25, -0.2) is 0 Å². The quantitative estimate of drug-likeness (QED) is 0.842. The summed E-state index contributed by atoms with van der Waals surface area (Å²) < 4.78 is 0. The van der Waals surface area contributed by atoms with Gasteiger partial charge in [-0.2, -0.15) is 0 Å². The van der Waals surface area contributed by atoms with Gasteiger partial charge in [-0.15, -0.1) is 12.4 Å². The zero-order valence-corrected chi connectivity index (χ0v) is 12.5. The highest BCUT2D eigenvalue weighted by Crippen LogP contribution is 2.36. The summed E-state index contributed by atoms with van der Waals surface area (Å²) in [7, 11) is 0. The third-order valence-electron chi connectivity index (χ3n) is 5.03. The molecule has 1 heterocycles. The molecule has 0 aromatic carbocycles. The molecule has 1 amide bonds. The molecule has 2 N–H and O–H groups in total. The van der Waals surface area contributed by atoms with Crippen LogP contribution < -0.4 is 5.73 Å². The maximum Gasteiger partial charge on any atom is 0.242 e. The smallest absolute Gasteiger partial charge is 0.242 e. The Morgan fingerprint density at radius 1 is 1.17 bits per heavy atom. The lowest BCUT2D eigenvalue weighted by molar-refractivity contribution is -0.139. The first-order valence-corrected chi connectivity index (χ1v) is 7.07. The minimum Gasteiger partial charge on any atom is -0.341 e. The number of hydrogen-bond donors (Lipinski definition) is 1. The summed E-state index contributed by atoms with van der Waals surface area (Å²) in [4.78, 5) is 14.4. The molecule has 2 aliphatic rings. The minimum absolute atomic E-state index is 0. The zero-order valence-electron chi connectivity index (χ0n) is 11.7. The van der Waals surface area contributed by atoms with Crippen molar-refractivity contribution in [2.45, 2.75) is 64.3 Å². The Morgan fingerprint density at radius 2 is 1.67 bits per heavy atom. The molecule has 0 aromatic heterocycles. The maximum atomic E-state index is 12.4. The van der Waals surface area contributed by atoms with E-state index in [9.17, 15) is 4.79 Å². The van der Waals surface area contributed by atoms with E-state index in [-0.39, 0.29) is 18.3 Å². The Labute approximate surface area is 117 Å². The molecule has 2 rings (SSSR count). The van der Waals surface area contributed by atoms with Gasteiger partial charge in [-0.3, -0.25) is 4.79 Å². The summed E-state index contributed by atoms with van der Waals surface area (Å²) in [6.07, 6.45) is 7.46. The van der Waals surface area contributed by atoms with Crippen molar-refractivity contribution in [1.82, 2.24) is 4.90 Å². The number of hydrogen-bond acceptors (Lipinski definition) is 2. The SMILES string of the molecule is CCC1(C)CCN(C(=O)C2(N)CCCC2)CC1.Cl. The second-order valence-corrected chi connectivity index (χ2v) is 6.32. The van der Waals surface area contributed by atoms with Gasteiger partial charge in [0, 0.05) is 13.1 Å². The fourth-order valence-corrected chi connectivity index (χ4v) is 3.14. The van der Waals surface area contributed by atoms with Crippen molar-refractivity contribution in [3.8, 4) is 0 Å². The predicted octanol–water partition coefficient (Wildman–Crippen LogP) is 2.72. The highest BCUT2D eigenvalue weighted by atomic mass is 35.5. The van der Waals surface area contributed by atoms with E-state index in [1.54, 1.807) is 0 Å². The number of nitrogens with zero attached hydrogens (tertiary/aromatic N) is 1. The van der Waals surface area contributed by atoms with E-state index in [1.807, 2.05) is 4.90 Å². The molecule has 1 saturated heterocycles. The number of likely N-dealkylation sites (tertiary alicyclic amines) is 1. The van der Waals surface area contributed by atoms with E-state index >= 15 is 0 Å². The van der Waals surface area contributed by atoms with Crippen LogP contribution in [-0.4, -0.2) is 29.4 Å². The molecule has 0 spiro atoms. The molecule has 3 nitrogen and oxygen atoms in total. The molecular weight excluding hydrogens is 248 g/mol. The maximum absolute atomic E-state index is 12.4. The molecule has 0 bridgehead atoms. The number of nitrogens with two attached hydrogens (primary N) is 1. The van der Waals surface area contributed by atoms with Crippen molar-refractivity contribution in [2.24, 2.45) is 11.1 Å². The predicted molar refractivity (Wildman–Crippen MR) is 76.8 cm³/mol. The van der Waals surface area contributed by atoms with Crippen molar-refractivity contribution >= 4 is 18.3 Å². The van der Waals surface area contributed by atoms with Crippen molar-refractivity contribution in [3.05, 3.63) is 0 Å². The summed E-state index contributed by atoms with van der Waals surface area (Å²) >= 11 is 0. The van der Waals surface area contributed by atoms with E-state index < -0.39 is 5.54 Å². The number of carbonyl (C=O) groups excluding carboxylic acids is 1. The first-order valence-electron chi connectivity index (χ1n) is 7.07. The minimum atomic E-state index is -0.528. The fraction of sp³-hybridized carbons (Fsp3) is 0.929. The van der Waals surface area contributed by atoms with Gasteiger partial charge in [0.1, 0.15) is 0 Å². The lowest BCUT2D eigenvalue weighted by atomic mass is 9.78. The average Bonchev–Trinajstić information content (AvgIpc) is 2.78. The van der Waals surface area contributed by atoms with Gasteiger partial charge in [0.05, 0.1) is 5.54 Å². The molecule has 106 valence electrons. The summed E-state index contributed by atoms with van der Waals surface area (Å²) in [5, 5.41) is 0. The van der Waals surface area contributed by atoms with Crippen LogP contribution in [0.5, 0.6) is 0 Å². The van der Waals surface area contributed by atoms with Crippen molar-refractivity contribution in [3.63, 3.8) is 0 Å². The molecule has 2 fully saturated rings. The molecule has 1 saturated carbocycles. The molecule has 0 atom stereocenters. The molecule has 4 heteroatoms. The molecule has 1 aliphatic carbocycles. The Hall–Kier alpha value is -0.280. The van der Waals surface area contributed by atoms with E-state index in [0.29, 0.717) is 5.41 Å². The first kappa shape index (κ1) is 15.8. The van der Waals surface area contributed by atoms with Crippen LogP contribution in [0.2, 0.25) is 0 Å². The van der Waals surface area contributed by atoms with Crippen LogP contribution in [-0.2, 0) is 4.79 Å². The highest BCUT2D eigenvalue weighted by molar-refractivity contribution is 5.86. The van der Waals surface area contributed by atoms with E-state index in [4.69, 9.17) is 5.73 Å². The molecule has 18 heavy (non-hydrogen) atoms. The standard InChI is InChI=1S/C14H26N2O.ClH/c1-3-13(2)8-10-16(11-9-13)12(17)14(15)6-4-5-7-14;/h3-11,15H2,1-2H3;1H. The summed E-state index contributed by atoms with van der Waals surface area (Å²) in [6, 6.07) is 0. The van der Waals surface area contributed by atoms with Gasteiger partial charge in [-0.05, 0) is 31.1 Å². The lowest BCUT2D eigenvalue weighted by Gasteiger charge is -2.41. The first-order chi connectivity index (χ1) is 7.99. The number of rotatable bonds is 2. The van der Waals surface area contributed by atoms with Crippen LogP contribution in [0.1, 0.15) is 58.8 Å². The Morgan fingerprint density at radius 3 is 2.11 bits per heavy atom. The average molecular weight is 275 g/mol. The van der Waals surface area contributed by atoms with Gasteiger partial charge < -0.3 is 10.6 Å². The Kier molecular flexibility index (Phi) is 5.07. The summed E-state index contributed by atoms with van der Waals surface area (Å²) in [6.45, 7) is 6.39. The second kappa shape index (κ2) is 5.79. The molecule has 1 aliphatic heterocycles. The second-order valence-electron chi connectivity index (χ2n) is 6.32. The third-order valence-corrected chi connectivity index (χ3v) is 5.03. The van der Waals surface area contributed by atoms with Gasteiger partial charge >= 0.3 is 0 Å². The Bertz CT molecular complexity index is 292. The molecule has 0 aromatic rings. The molecule has 0 radical (unpaired) electrons. The van der Waals surface area contributed by atoms with Crippen LogP contribution in [0.3, 0.4) is 0 Å². The highest BCUT2D eigenvalue weighted by Gasteiger charge is 2.41. The zero-order chi connectivity index (χ0) is 12.5. The number of amides is 1. The monoisotopic (exact) mass is 274 g/mol. The van der Waals surface area contributed by atoms with Crippen LogP contribution in [0.4, 0.5) is 0 Å². The van der Waals surface area contributed by atoms with Crippen LogP contribution >= 0.6 is 12.4 Å². The van der Waals surface area contributed by atoms with E-state index in [0.717, 1.165) is 51.6 Å². The van der Waals surface area contributed by atoms with Gasteiger partial charge in [0.25, 0.3) is 0 Å². The summed E-state index contributed by atoms with van der Waals surface area (Å²) in [5.41, 5.74) is 6.15. The van der Waals surface area contributed by atoms with Crippen molar-refractivity contribution in [2.75, 3.05) is 13.1 Å². The third kappa shape index (κ3) is 3.00. The van der Waals surface area contributed by atoms with Gasteiger partial charge in [0.15, 0.2) is 0 Å². The lowest BCUT2D eigenvalue weighted by Crippen LogP contribution is -2.56. The number of carbonyl (C=O) groups is 1. The van der Waals surface area contributed by atoms with Crippen molar-refractivity contribution in [1.29, 1.82) is 0 Å². The van der Waals surface area contributed by atoms with Crippen LogP contribution in [0.25, 0.3) is 0 Å². The van der Waals surface area contributed by atoms with E-state index in [1.165, 1.54) is 6.42 Å². The molecule has 0 unspecified atom stereocenters. The largest absolute Gasteiger partial charge is 0.341 e. The van der Waals surface area contributed by atoms with E-state index in [2.05, 4.69) is 13.8 Å². The van der Waals surface area contributed by atoms with Crippen molar-refractivity contribution < 1.29 is 4.79 Å². The number of halogens is 1. The van der Waals surface area contributed by atoms with Crippen LogP contribution in [0.15, 0.2) is 0 Å². The van der Waals surface area contributed by atoms with Crippen LogP contribution in [0, 0.1) is 5.41 Å².